The van der Waals surface area contributed by atoms with Gasteiger partial charge in [-0.25, -0.2) is 0 Å². The van der Waals surface area contributed by atoms with Crippen molar-refractivity contribution in [1.29, 1.82) is 0 Å². The number of likely N-dealkylation sites (N-methyl/N-ethyl adjacent to an activating group) is 1. The van der Waals surface area contributed by atoms with Crippen LogP contribution in [0.3, 0.4) is 0 Å². The van der Waals surface area contributed by atoms with Crippen LogP contribution in [0.5, 0.6) is 0 Å². The van der Waals surface area contributed by atoms with Crippen molar-refractivity contribution in [2.75, 3.05) is 39.8 Å². The Morgan fingerprint density at radius 2 is 1.85 bits per heavy atom. The molecule has 1 aliphatic rings. The zero-order chi connectivity index (χ0) is 14.4. The molecule has 3 nitrogen and oxygen atoms in total. The molecular weight excluding hydrogens is 246 g/mol. The van der Waals surface area contributed by atoms with Crippen molar-refractivity contribution in [2.45, 2.75) is 31.7 Å². The van der Waals surface area contributed by atoms with Crippen LogP contribution >= 0.6 is 0 Å². The summed E-state index contributed by atoms with van der Waals surface area (Å²) in [5.41, 5.74) is 7.74. The summed E-state index contributed by atoms with van der Waals surface area (Å²) in [6.07, 6.45) is 3.55. The molecule has 1 heterocycles. The normalized spacial score (nSPS) is 19.4. The number of benzene rings is 1. The van der Waals surface area contributed by atoms with E-state index in [1.165, 1.54) is 38.0 Å². The maximum atomic E-state index is 6.07. The predicted molar refractivity (Wildman–Crippen MR) is 85.9 cm³/mol. The SMILES string of the molecule is CCN(C)C1(CN)CCN(CCc2ccccc2)CC1. The first kappa shape index (κ1) is 15.5. The third-order valence-electron chi connectivity index (χ3n) is 5.01. The molecule has 1 fully saturated rings. The van der Waals surface area contributed by atoms with Crippen LogP contribution in [-0.2, 0) is 6.42 Å². The van der Waals surface area contributed by atoms with Gasteiger partial charge in [-0.1, -0.05) is 37.3 Å². The average molecular weight is 275 g/mol. The minimum Gasteiger partial charge on any atom is -0.329 e. The van der Waals surface area contributed by atoms with Crippen LogP contribution in [0.2, 0.25) is 0 Å². The molecule has 0 saturated carbocycles. The van der Waals surface area contributed by atoms with E-state index < -0.39 is 0 Å². The molecule has 0 aliphatic carbocycles. The molecule has 0 atom stereocenters. The predicted octanol–water partition coefficient (Wildman–Crippen LogP) is 1.97. The van der Waals surface area contributed by atoms with Gasteiger partial charge in [0.1, 0.15) is 0 Å². The van der Waals surface area contributed by atoms with Crippen LogP contribution < -0.4 is 5.73 Å². The van der Waals surface area contributed by atoms with E-state index >= 15 is 0 Å². The van der Waals surface area contributed by atoms with Gasteiger partial charge in [0.25, 0.3) is 0 Å². The first-order valence-electron chi connectivity index (χ1n) is 7.88. The van der Waals surface area contributed by atoms with E-state index in [9.17, 15) is 0 Å². The van der Waals surface area contributed by atoms with E-state index in [1.807, 2.05) is 0 Å². The van der Waals surface area contributed by atoms with Gasteiger partial charge in [0, 0.05) is 18.6 Å². The average Bonchev–Trinajstić information content (AvgIpc) is 2.53. The Labute approximate surface area is 123 Å². The van der Waals surface area contributed by atoms with Crippen molar-refractivity contribution >= 4 is 0 Å². The van der Waals surface area contributed by atoms with Crippen LogP contribution in [-0.4, -0.2) is 55.1 Å². The Morgan fingerprint density at radius 1 is 1.20 bits per heavy atom. The third-order valence-corrected chi connectivity index (χ3v) is 5.01. The molecule has 3 heteroatoms. The fourth-order valence-corrected chi connectivity index (χ4v) is 3.20. The summed E-state index contributed by atoms with van der Waals surface area (Å²) < 4.78 is 0. The van der Waals surface area contributed by atoms with E-state index in [-0.39, 0.29) is 5.54 Å². The Bertz CT molecular complexity index is 382. The zero-order valence-electron chi connectivity index (χ0n) is 13.0. The summed E-state index contributed by atoms with van der Waals surface area (Å²) in [6, 6.07) is 10.8. The van der Waals surface area contributed by atoms with Crippen LogP contribution in [0.15, 0.2) is 30.3 Å². The van der Waals surface area contributed by atoms with Crippen LogP contribution in [0.1, 0.15) is 25.3 Å². The molecule has 0 unspecified atom stereocenters. The highest BCUT2D eigenvalue weighted by Crippen LogP contribution is 2.26. The van der Waals surface area contributed by atoms with E-state index in [0.717, 1.165) is 19.5 Å². The van der Waals surface area contributed by atoms with Gasteiger partial charge in [-0.2, -0.15) is 0 Å². The summed E-state index contributed by atoms with van der Waals surface area (Å²) in [4.78, 5) is 5.03. The third kappa shape index (κ3) is 3.60. The van der Waals surface area contributed by atoms with Gasteiger partial charge in [0.05, 0.1) is 0 Å². The summed E-state index contributed by atoms with van der Waals surface area (Å²) in [5.74, 6) is 0. The molecule has 0 amide bonds. The number of likely N-dealkylation sites (tertiary alicyclic amines) is 1. The lowest BCUT2D eigenvalue weighted by atomic mass is 9.86. The fraction of sp³-hybridized carbons (Fsp3) is 0.647. The molecule has 0 spiro atoms. The number of nitrogens with zero attached hydrogens (tertiary/aromatic N) is 2. The lowest BCUT2D eigenvalue weighted by molar-refractivity contribution is 0.0493. The molecule has 1 aromatic rings. The second-order valence-corrected chi connectivity index (χ2v) is 6.02. The fourth-order valence-electron chi connectivity index (χ4n) is 3.20. The van der Waals surface area contributed by atoms with Crippen molar-refractivity contribution in [3.63, 3.8) is 0 Å². The highest BCUT2D eigenvalue weighted by atomic mass is 15.2. The van der Waals surface area contributed by atoms with E-state index in [2.05, 4.69) is 54.1 Å². The molecule has 2 rings (SSSR count). The van der Waals surface area contributed by atoms with Crippen LogP contribution in [0.4, 0.5) is 0 Å². The number of hydrogen-bond donors (Lipinski definition) is 1. The van der Waals surface area contributed by atoms with Gasteiger partial charge in [-0.05, 0) is 51.5 Å². The molecule has 0 radical (unpaired) electrons. The Hall–Kier alpha value is -0.900. The second kappa shape index (κ2) is 7.21. The van der Waals surface area contributed by atoms with Gasteiger partial charge < -0.3 is 10.6 Å². The van der Waals surface area contributed by atoms with Crippen molar-refractivity contribution in [3.8, 4) is 0 Å². The number of hydrogen-bond acceptors (Lipinski definition) is 3. The highest BCUT2D eigenvalue weighted by Gasteiger charge is 2.35. The molecule has 1 aliphatic heterocycles. The van der Waals surface area contributed by atoms with Crippen molar-refractivity contribution in [3.05, 3.63) is 35.9 Å². The highest BCUT2D eigenvalue weighted by molar-refractivity contribution is 5.15. The standard InChI is InChI=1S/C17H29N3/c1-3-19(2)17(15-18)10-13-20(14-11-17)12-9-16-7-5-4-6-8-16/h4-8H,3,9-15,18H2,1-2H3. The van der Waals surface area contributed by atoms with Gasteiger partial charge >= 0.3 is 0 Å². The maximum Gasteiger partial charge on any atom is 0.0352 e. The van der Waals surface area contributed by atoms with Gasteiger partial charge in [0.15, 0.2) is 0 Å². The van der Waals surface area contributed by atoms with E-state index in [4.69, 9.17) is 5.73 Å². The van der Waals surface area contributed by atoms with Crippen LogP contribution in [0.25, 0.3) is 0 Å². The minimum absolute atomic E-state index is 0.234. The van der Waals surface area contributed by atoms with Gasteiger partial charge in [-0.15, -0.1) is 0 Å². The Kier molecular flexibility index (Phi) is 5.58. The molecular formula is C17H29N3. The molecule has 2 N–H and O–H groups in total. The first-order valence-corrected chi connectivity index (χ1v) is 7.88. The largest absolute Gasteiger partial charge is 0.329 e. The van der Waals surface area contributed by atoms with Crippen LogP contribution in [0, 0.1) is 0 Å². The second-order valence-electron chi connectivity index (χ2n) is 6.02. The zero-order valence-corrected chi connectivity index (χ0v) is 13.0. The molecule has 112 valence electrons. The molecule has 1 aromatic carbocycles. The van der Waals surface area contributed by atoms with Crippen molar-refractivity contribution in [1.82, 2.24) is 9.80 Å². The van der Waals surface area contributed by atoms with Crippen molar-refractivity contribution in [2.24, 2.45) is 5.73 Å². The number of nitrogens with two attached hydrogens (primary N) is 1. The molecule has 1 saturated heterocycles. The Balaban J connectivity index is 1.82. The molecule has 20 heavy (non-hydrogen) atoms. The number of rotatable bonds is 6. The first-order chi connectivity index (χ1) is 9.70. The smallest absolute Gasteiger partial charge is 0.0352 e. The summed E-state index contributed by atoms with van der Waals surface area (Å²) in [6.45, 7) is 7.60. The maximum absolute atomic E-state index is 6.07. The van der Waals surface area contributed by atoms with E-state index in [0.29, 0.717) is 0 Å². The quantitative estimate of drug-likeness (QED) is 0.861. The number of piperidine rings is 1. The Morgan fingerprint density at radius 3 is 2.40 bits per heavy atom. The minimum atomic E-state index is 0.234. The lowest BCUT2D eigenvalue weighted by Crippen LogP contribution is -2.58. The molecule has 0 aromatic heterocycles. The molecule has 0 bridgehead atoms. The van der Waals surface area contributed by atoms with Gasteiger partial charge in [-0.3, -0.25) is 4.90 Å². The summed E-state index contributed by atoms with van der Waals surface area (Å²) >= 11 is 0. The lowest BCUT2D eigenvalue weighted by Gasteiger charge is -2.46. The monoisotopic (exact) mass is 275 g/mol. The topological polar surface area (TPSA) is 32.5 Å². The summed E-state index contributed by atoms with van der Waals surface area (Å²) in [5, 5.41) is 0. The van der Waals surface area contributed by atoms with Crippen molar-refractivity contribution < 1.29 is 0 Å². The summed E-state index contributed by atoms with van der Waals surface area (Å²) in [7, 11) is 2.21. The van der Waals surface area contributed by atoms with E-state index in [1.54, 1.807) is 0 Å². The van der Waals surface area contributed by atoms with Gasteiger partial charge in [0.2, 0.25) is 0 Å².